The minimum Gasteiger partial charge on any atom is -0.508 e. The van der Waals surface area contributed by atoms with Gasteiger partial charge >= 0.3 is 0 Å². The zero-order chi connectivity index (χ0) is 14.7. The normalized spacial score (nSPS) is 11.7. The molecule has 1 unspecified atom stereocenters. The summed E-state index contributed by atoms with van der Waals surface area (Å²) in [6.45, 7) is 1.84. The molecule has 1 atom stereocenters. The molecule has 2 aromatic rings. The minimum absolute atomic E-state index is 0.0809. The SMILES string of the molecule is CC(Nc1ccc(C#N)cc1Cl)c1cc(O)ccc1O. The molecule has 0 radical (unpaired) electrons. The van der Waals surface area contributed by atoms with Crippen LogP contribution >= 0.6 is 11.6 Å². The average Bonchev–Trinajstić information content (AvgIpc) is 2.43. The van der Waals surface area contributed by atoms with Crippen molar-refractivity contribution in [3.63, 3.8) is 0 Å². The standard InChI is InChI=1S/C15H13ClN2O2/c1-9(12-7-11(19)3-5-15(12)20)18-14-4-2-10(8-17)6-13(14)16/h2-7,9,18-20H,1H3. The van der Waals surface area contributed by atoms with Crippen LogP contribution in [0.25, 0.3) is 0 Å². The van der Waals surface area contributed by atoms with Crippen molar-refractivity contribution in [2.75, 3.05) is 5.32 Å². The van der Waals surface area contributed by atoms with Crippen molar-refractivity contribution in [2.45, 2.75) is 13.0 Å². The van der Waals surface area contributed by atoms with E-state index in [1.54, 1.807) is 18.2 Å². The predicted octanol–water partition coefficient (Wildman–Crippen LogP) is 3.80. The van der Waals surface area contributed by atoms with Crippen molar-refractivity contribution in [1.29, 1.82) is 5.26 Å². The molecule has 0 saturated heterocycles. The monoisotopic (exact) mass is 288 g/mol. The predicted molar refractivity (Wildman–Crippen MR) is 78.0 cm³/mol. The van der Waals surface area contributed by atoms with E-state index in [1.165, 1.54) is 18.2 Å². The molecule has 0 aliphatic heterocycles. The smallest absolute Gasteiger partial charge is 0.121 e. The molecule has 102 valence electrons. The third-order valence-corrected chi connectivity index (χ3v) is 3.26. The van der Waals surface area contributed by atoms with E-state index in [4.69, 9.17) is 16.9 Å². The summed E-state index contributed by atoms with van der Waals surface area (Å²) in [6, 6.07) is 11.0. The zero-order valence-corrected chi connectivity index (χ0v) is 11.5. The van der Waals surface area contributed by atoms with Crippen molar-refractivity contribution >= 4 is 17.3 Å². The van der Waals surface area contributed by atoms with Gasteiger partial charge in [0, 0.05) is 5.56 Å². The third-order valence-electron chi connectivity index (χ3n) is 2.95. The van der Waals surface area contributed by atoms with Gasteiger partial charge in [-0.2, -0.15) is 5.26 Å². The lowest BCUT2D eigenvalue weighted by molar-refractivity contribution is 0.451. The molecule has 0 bridgehead atoms. The number of nitrogens with one attached hydrogen (secondary N) is 1. The molecule has 0 amide bonds. The highest BCUT2D eigenvalue weighted by molar-refractivity contribution is 6.33. The lowest BCUT2D eigenvalue weighted by Crippen LogP contribution is -2.07. The Bertz CT molecular complexity index is 680. The van der Waals surface area contributed by atoms with Gasteiger partial charge in [0.05, 0.1) is 28.4 Å². The first kappa shape index (κ1) is 14.0. The maximum Gasteiger partial charge on any atom is 0.121 e. The van der Waals surface area contributed by atoms with Crippen LogP contribution in [0.15, 0.2) is 36.4 Å². The molecular weight excluding hydrogens is 276 g/mol. The Morgan fingerprint density at radius 3 is 2.60 bits per heavy atom. The van der Waals surface area contributed by atoms with Gasteiger partial charge in [0.25, 0.3) is 0 Å². The Hall–Kier alpha value is -2.38. The van der Waals surface area contributed by atoms with Crippen LogP contribution in [0.2, 0.25) is 5.02 Å². The van der Waals surface area contributed by atoms with Crippen molar-refractivity contribution in [3.8, 4) is 17.6 Å². The number of phenols is 2. The molecular formula is C15H13ClN2O2. The number of hydrogen-bond donors (Lipinski definition) is 3. The van der Waals surface area contributed by atoms with Crippen molar-refractivity contribution in [2.24, 2.45) is 0 Å². The Kier molecular flexibility index (Phi) is 4.02. The average molecular weight is 289 g/mol. The van der Waals surface area contributed by atoms with E-state index in [0.29, 0.717) is 21.8 Å². The second-order valence-corrected chi connectivity index (χ2v) is 4.82. The Morgan fingerprint density at radius 1 is 1.20 bits per heavy atom. The summed E-state index contributed by atoms with van der Waals surface area (Å²) in [5.41, 5.74) is 1.69. The first-order valence-corrected chi connectivity index (χ1v) is 6.37. The highest BCUT2D eigenvalue weighted by atomic mass is 35.5. The summed E-state index contributed by atoms with van der Waals surface area (Å²) in [7, 11) is 0. The van der Waals surface area contributed by atoms with Gasteiger partial charge in [-0.25, -0.2) is 0 Å². The number of rotatable bonds is 3. The fourth-order valence-electron chi connectivity index (χ4n) is 1.90. The lowest BCUT2D eigenvalue weighted by Gasteiger charge is -2.18. The van der Waals surface area contributed by atoms with Gasteiger partial charge < -0.3 is 15.5 Å². The first-order chi connectivity index (χ1) is 9.51. The van der Waals surface area contributed by atoms with Crippen LogP contribution in [0.5, 0.6) is 11.5 Å². The molecule has 0 saturated carbocycles. The van der Waals surface area contributed by atoms with E-state index >= 15 is 0 Å². The summed E-state index contributed by atoms with van der Waals surface area (Å²) < 4.78 is 0. The van der Waals surface area contributed by atoms with Gasteiger partial charge in [-0.3, -0.25) is 0 Å². The molecule has 5 heteroatoms. The summed E-state index contributed by atoms with van der Waals surface area (Å²) in [6.07, 6.45) is 0. The quantitative estimate of drug-likeness (QED) is 0.751. The first-order valence-electron chi connectivity index (χ1n) is 5.99. The molecule has 20 heavy (non-hydrogen) atoms. The van der Waals surface area contributed by atoms with Gasteiger partial charge in [-0.05, 0) is 43.3 Å². The zero-order valence-electron chi connectivity index (χ0n) is 10.8. The summed E-state index contributed by atoms with van der Waals surface area (Å²) in [5.74, 6) is 0.171. The van der Waals surface area contributed by atoms with Crippen LogP contribution in [0.1, 0.15) is 24.1 Å². The highest BCUT2D eigenvalue weighted by Gasteiger charge is 2.12. The molecule has 2 rings (SSSR count). The van der Waals surface area contributed by atoms with Gasteiger partial charge in [0.2, 0.25) is 0 Å². The molecule has 3 N–H and O–H groups in total. The Balaban J connectivity index is 2.26. The number of aromatic hydroxyl groups is 2. The number of anilines is 1. The summed E-state index contributed by atoms with van der Waals surface area (Å²) in [5, 5.41) is 31.6. The number of phenolic OH excluding ortho intramolecular Hbond substituents is 2. The maximum atomic E-state index is 9.81. The molecule has 4 nitrogen and oxygen atoms in total. The van der Waals surface area contributed by atoms with Crippen LogP contribution in [0, 0.1) is 11.3 Å². The molecule has 0 aliphatic rings. The van der Waals surface area contributed by atoms with E-state index in [2.05, 4.69) is 5.32 Å². The van der Waals surface area contributed by atoms with E-state index in [-0.39, 0.29) is 17.5 Å². The number of halogens is 1. The molecule has 0 aromatic heterocycles. The van der Waals surface area contributed by atoms with E-state index in [0.717, 1.165) is 0 Å². The molecule has 0 aliphatic carbocycles. The lowest BCUT2D eigenvalue weighted by atomic mass is 10.1. The van der Waals surface area contributed by atoms with Crippen LogP contribution in [-0.4, -0.2) is 10.2 Å². The highest BCUT2D eigenvalue weighted by Crippen LogP contribution is 2.32. The van der Waals surface area contributed by atoms with Gasteiger partial charge in [0.15, 0.2) is 0 Å². The van der Waals surface area contributed by atoms with Crippen LogP contribution < -0.4 is 5.32 Å². The van der Waals surface area contributed by atoms with Gasteiger partial charge in [0.1, 0.15) is 11.5 Å². The fraction of sp³-hybridized carbons (Fsp3) is 0.133. The number of benzene rings is 2. The molecule has 2 aromatic carbocycles. The molecule has 0 spiro atoms. The van der Waals surface area contributed by atoms with E-state index < -0.39 is 0 Å². The molecule has 0 fully saturated rings. The fourth-order valence-corrected chi connectivity index (χ4v) is 2.14. The van der Waals surface area contributed by atoms with Gasteiger partial charge in [-0.15, -0.1) is 0 Å². The van der Waals surface area contributed by atoms with Crippen LogP contribution in [0.4, 0.5) is 5.69 Å². The van der Waals surface area contributed by atoms with Crippen molar-refractivity contribution in [3.05, 3.63) is 52.5 Å². The number of nitriles is 1. The minimum atomic E-state index is -0.257. The second-order valence-electron chi connectivity index (χ2n) is 4.42. The summed E-state index contributed by atoms with van der Waals surface area (Å²) >= 11 is 6.09. The number of nitrogens with zero attached hydrogens (tertiary/aromatic N) is 1. The van der Waals surface area contributed by atoms with E-state index in [1.807, 2.05) is 13.0 Å². The van der Waals surface area contributed by atoms with Gasteiger partial charge in [-0.1, -0.05) is 11.6 Å². The number of hydrogen-bond acceptors (Lipinski definition) is 4. The topological polar surface area (TPSA) is 76.3 Å². The molecule has 0 heterocycles. The van der Waals surface area contributed by atoms with Crippen molar-refractivity contribution < 1.29 is 10.2 Å². The second kappa shape index (κ2) is 5.72. The third kappa shape index (κ3) is 2.95. The Morgan fingerprint density at radius 2 is 1.95 bits per heavy atom. The van der Waals surface area contributed by atoms with Crippen molar-refractivity contribution in [1.82, 2.24) is 0 Å². The Labute approximate surface area is 121 Å². The van der Waals surface area contributed by atoms with E-state index in [9.17, 15) is 10.2 Å². The van der Waals surface area contributed by atoms with Crippen LogP contribution in [0.3, 0.4) is 0 Å². The largest absolute Gasteiger partial charge is 0.508 e. The summed E-state index contributed by atoms with van der Waals surface area (Å²) in [4.78, 5) is 0. The maximum absolute atomic E-state index is 9.81. The van der Waals surface area contributed by atoms with Crippen LogP contribution in [-0.2, 0) is 0 Å².